The molecule has 0 radical (unpaired) electrons. The van der Waals surface area contributed by atoms with Crippen molar-refractivity contribution in [3.63, 3.8) is 0 Å². The van der Waals surface area contributed by atoms with Crippen molar-refractivity contribution in [2.45, 2.75) is 56.4 Å². The van der Waals surface area contributed by atoms with Crippen LogP contribution in [0.3, 0.4) is 0 Å². The molecule has 1 N–H and O–H groups in total. The molecule has 0 aromatic heterocycles. The van der Waals surface area contributed by atoms with E-state index >= 15 is 0 Å². The lowest BCUT2D eigenvalue weighted by atomic mass is 9.98. The van der Waals surface area contributed by atoms with Crippen LogP contribution in [0.4, 0.5) is 0 Å². The first-order valence-electron chi connectivity index (χ1n) is 7.79. The molecule has 110 valence electrons. The van der Waals surface area contributed by atoms with E-state index in [0.29, 0.717) is 12.1 Å². The number of fused-ring (bicyclic) bond motifs is 1. The Labute approximate surface area is 126 Å². The van der Waals surface area contributed by atoms with Crippen LogP contribution in [-0.4, -0.2) is 24.2 Å². The van der Waals surface area contributed by atoms with Crippen molar-refractivity contribution >= 4 is 11.8 Å². The summed E-state index contributed by atoms with van der Waals surface area (Å²) in [5.74, 6) is 1.13. The van der Waals surface area contributed by atoms with Crippen LogP contribution in [0.15, 0.2) is 18.2 Å². The highest BCUT2D eigenvalue weighted by atomic mass is 32.2. The number of rotatable bonds is 3. The number of hydrogen-bond donors (Lipinski definition) is 1. The fourth-order valence-corrected chi connectivity index (χ4v) is 4.32. The average molecular weight is 291 g/mol. The highest BCUT2D eigenvalue weighted by Crippen LogP contribution is 2.36. The molecule has 1 aliphatic carbocycles. The number of hydrogen-bond acceptors (Lipinski definition) is 3. The Morgan fingerprint density at radius 1 is 1.25 bits per heavy atom. The van der Waals surface area contributed by atoms with Gasteiger partial charge in [0.25, 0.3) is 0 Å². The molecule has 0 spiro atoms. The number of nitrogens with one attached hydrogen (secondary N) is 1. The fourth-order valence-electron chi connectivity index (χ4n) is 3.53. The van der Waals surface area contributed by atoms with E-state index in [4.69, 9.17) is 4.74 Å². The van der Waals surface area contributed by atoms with Crippen molar-refractivity contribution in [1.29, 1.82) is 0 Å². The van der Waals surface area contributed by atoms with Gasteiger partial charge in [0.1, 0.15) is 5.75 Å². The normalized spacial score (nSPS) is 29.6. The van der Waals surface area contributed by atoms with Crippen LogP contribution in [0.25, 0.3) is 0 Å². The van der Waals surface area contributed by atoms with E-state index in [1.54, 1.807) is 0 Å². The fraction of sp³-hybridized carbons (Fsp3) is 0.647. The zero-order chi connectivity index (χ0) is 13.9. The van der Waals surface area contributed by atoms with Gasteiger partial charge in [0.15, 0.2) is 0 Å². The van der Waals surface area contributed by atoms with Crippen LogP contribution >= 0.6 is 11.8 Å². The van der Waals surface area contributed by atoms with Gasteiger partial charge in [0, 0.05) is 22.9 Å². The zero-order valence-electron chi connectivity index (χ0n) is 12.5. The number of para-hydroxylation sites is 1. The third-order valence-electron chi connectivity index (χ3n) is 4.66. The summed E-state index contributed by atoms with van der Waals surface area (Å²) >= 11 is 2.03. The Bertz CT molecular complexity index is 462. The van der Waals surface area contributed by atoms with E-state index in [0.717, 1.165) is 24.0 Å². The van der Waals surface area contributed by atoms with Gasteiger partial charge in [-0.2, -0.15) is 11.8 Å². The first-order valence-corrected chi connectivity index (χ1v) is 9.08. The van der Waals surface area contributed by atoms with Crippen LogP contribution < -0.4 is 10.1 Å². The Morgan fingerprint density at radius 2 is 2.15 bits per heavy atom. The minimum Gasteiger partial charge on any atom is -0.493 e. The van der Waals surface area contributed by atoms with Crippen LogP contribution in [0.5, 0.6) is 5.75 Å². The van der Waals surface area contributed by atoms with Crippen molar-refractivity contribution in [1.82, 2.24) is 5.32 Å². The maximum Gasteiger partial charge on any atom is 0.126 e. The van der Waals surface area contributed by atoms with E-state index in [2.05, 4.69) is 36.7 Å². The number of ether oxygens (including phenoxy) is 1. The lowest BCUT2D eigenvalue weighted by Crippen LogP contribution is -2.31. The Balaban J connectivity index is 1.75. The van der Waals surface area contributed by atoms with Gasteiger partial charge in [-0.15, -0.1) is 0 Å². The first-order chi connectivity index (χ1) is 9.78. The molecule has 0 bridgehead atoms. The molecule has 1 heterocycles. The summed E-state index contributed by atoms with van der Waals surface area (Å²) in [5, 5.41) is 4.77. The third kappa shape index (κ3) is 2.99. The quantitative estimate of drug-likeness (QED) is 0.906. The molecule has 1 fully saturated rings. The molecule has 1 aromatic carbocycles. The summed E-state index contributed by atoms with van der Waals surface area (Å²) in [4.78, 5) is 0. The second kappa shape index (κ2) is 6.40. The highest BCUT2D eigenvalue weighted by molar-refractivity contribution is 7.99. The molecule has 0 amide bonds. The predicted octanol–water partition coefficient (Wildman–Crippen LogP) is 4.08. The largest absolute Gasteiger partial charge is 0.493 e. The van der Waals surface area contributed by atoms with Crippen molar-refractivity contribution in [2.24, 2.45) is 0 Å². The molecular formula is C17H25NOS. The number of thioether (sulfide) groups is 1. The van der Waals surface area contributed by atoms with E-state index in [-0.39, 0.29) is 0 Å². The molecule has 20 heavy (non-hydrogen) atoms. The Hall–Kier alpha value is -0.670. The minimum atomic E-state index is 0.470. The van der Waals surface area contributed by atoms with Gasteiger partial charge in [0.2, 0.25) is 0 Å². The number of benzene rings is 1. The highest BCUT2D eigenvalue weighted by Gasteiger charge is 2.28. The summed E-state index contributed by atoms with van der Waals surface area (Å²) < 4.78 is 5.97. The first kappa shape index (κ1) is 14.3. The molecular weight excluding hydrogens is 266 g/mol. The van der Waals surface area contributed by atoms with Crippen molar-refractivity contribution in [2.75, 3.05) is 12.9 Å². The van der Waals surface area contributed by atoms with Gasteiger partial charge in [-0.05, 0) is 50.8 Å². The van der Waals surface area contributed by atoms with Crippen molar-refractivity contribution in [3.8, 4) is 5.75 Å². The van der Waals surface area contributed by atoms with Crippen LogP contribution in [-0.2, 0) is 0 Å². The monoisotopic (exact) mass is 291 g/mol. The SMILES string of the molecule is CSC1CCC(NC2CCCOc3c(C)cccc32)C1. The van der Waals surface area contributed by atoms with Crippen molar-refractivity contribution in [3.05, 3.63) is 29.3 Å². The predicted molar refractivity (Wildman–Crippen MR) is 86.7 cm³/mol. The molecule has 0 saturated heterocycles. The van der Waals surface area contributed by atoms with Gasteiger partial charge >= 0.3 is 0 Å². The second-order valence-corrected chi connectivity index (χ2v) is 7.21. The van der Waals surface area contributed by atoms with Crippen LogP contribution in [0.1, 0.15) is 49.3 Å². The summed E-state index contributed by atoms with van der Waals surface area (Å²) in [6.07, 6.45) is 8.58. The van der Waals surface area contributed by atoms with Gasteiger partial charge in [-0.3, -0.25) is 0 Å². The Morgan fingerprint density at radius 3 is 2.95 bits per heavy atom. The smallest absolute Gasteiger partial charge is 0.126 e. The summed E-state index contributed by atoms with van der Waals surface area (Å²) in [6.45, 7) is 3.01. The molecule has 2 aliphatic rings. The summed E-state index contributed by atoms with van der Waals surface area (Å²) in [5.41, 5.74) is 2.64. The van der Waals surface area contributed by atoms with Crippen LogP contribution in [0, 0.1) is 6.92 Å². The summed E-state index contributed by atoms with van der Waals surface area (Å²) in [7, 11) is 0. The molecule has 3 atom stereocenters. The lowest BCUT2D eigenvalue weighted by Gasteiger charge is -2.23. The lowest BCUT2D eigenvalue weighted by molar-refractivity contribution is 0.312. The molecule has 3 unspecified atom stereocenters. The zero-order valence-corrected chi connectivity index (χ0v) is 13.3. The maximum atomic E-state index is 5.97. The Kier molecular flexibility index (Phi) is 4.57. The standard InChI is InChI=1S/C17H25NOS/c1-12-5-3-6-15-16(7-4-10-19-17(12)15)18-13-8-9-14(11-13)20-2/h3,5-6,13-14,16,18H,4,7-11H2,1-2H3. The molecule has 3 heteroatoms. The molecule has 1 aromatic rings. The van der Waals surface area contributed by atoms with E-state index < -0.39 is 0 Å². The van der Waals surface area contributed by atoms with Gasteiger partial charge in [0.05, 0.1) is 6.61 Å². The van der Waals surface area contributed by atoms with Gasteiger partial charge in [-0.25, -0.2) is 0 Å². The average Bonchev–Trinajstić information content (AvgIpc) is 2.81. The minimum absolute atomic E-state index is 0.470. The topological polar surface area (TPSA) is 21.3 Å². The maximum absolute atomic E-state index is 5.97. The van der Waals surface area contributed by atoms with E-state index in [1.807, 2.05) is 11.8 Å². The van der Waals surface area contributed by atoms with Crippen LogP contribution in [0.2, 0.25) is 0 Å². The van der Waals surface area contributed by atoms with E-state index in [1.165, 1.54) is 36.8 Å². The number of aryl methyl sites for hydroxylation is 1. The summed E-state index contributed by atoms with van der Waals surface area (Å²) in [6, 6.07) is 7.71. The second-order valence-electron chi connectivity index (χ2n) is 6.07. The molecule has 1 saturated carbocycles. The molecule has 2 nitrogen and oxygen atoms in total. The molecule has 3 rings (SSSR count). The van der Waals surface area contributed by atoms with E-state index in [9.17, 15) is 0 Å². The van der Waals surface area contributed by atoms with Gasteiger partial charge < -0.3 is 10.1 Å². The van der Waals surface area contributed by atoms with Crippen molar-refractivity contribution < 1.29 is 4.74 Å². The van der Waals surface area contributed by atoms with Gasteiger partial charge in [-0.1, -0.05) is 18.2 Å². The third-order valence-corrected chi connectivity index (χ3v) is 5.75. The molecule has 1 aliphatic heterocycles.